The Balaban J connectivity index is 2.18. The molecular weight excluding hydrogens is 208 g/mol. The molecule has 1 unspecified atom stereocenters. The van der Waals surface area contributed by atoms with Crippen LogP contribution < -0.4 is 5.32 Å². The summed E-state index contributed by atoms with van der Waals surface area (Å²) in [6, 6.07) is 6.79. The summed E-state index contributed by atoms with van der Waals surface area (Å²) in [6.45, 7) is 11.3. The van der Waals surface area contributed by atoms with Crippen LogP contribution in [0.2, 0.25) is 0 Å². The van der Waals surface area contributed by atoms with Crippen molar-refractivity contribution < 1.29 is 0 Å². The lowest BCUT2D eigenvalue weighted by atomic mass is 9.89. The van der Waals surface area contributed by atoms with Crippen molar-refractivity contribution in [3.05, 3.63) is 29.3 Å². The van der Waals surface area contributed by atoms with Gasteiger partial charge in [-0.3, -0.25) is 0 Å². The number of likely N-dealkylation sites (N-methyl/N-ethyl adjacent to an activating group) is 1. The molecule has 1 heterocycles. The van der Waals surface area contributed by atoms with Crippen LogP contribution >= 0.6 is 0 Å². The number of fused-ring (bicyclic) bond motifs is 1. The fourth-order valence-corrected chi connectivity index (χ4v) is 2.70. The number of anilines is 1. The maximum absolute atomic E-state index is 3.51. The maximum atomic E-state index is 3.51. The van der Waals surface area contributed by atoms with Gasteiger partial charge in [0, 0.05) is 24.7 Å². The Bertz CT molecular complexity index is 369. The van der Waals surface area contributed by atoms with Crippen LogP contribution in [-0.2, 0) is 0 Å². The molecule has 1 aromatic carbocycles. The molecule has 0 fully saturated rings. The highest BCUT2D eigenvalue weighted by atomic mass is 15.1. The number of nitrogens with one attached hydrogen (secondary N) is 1. The van der Waals surface area contributed by atoms with Crippen LogP contribution in [0.3, 0.4) is 0 Å². The van der Waals surface area contributed by atoms with Gasteiger partial charge in [-0.1, -0.05) is 31.5 Å². The Hall–Kier alpha value is -1.02. The molecule has 2 rings (SSSR count). The number of benzene rings is 1. The summed E-state index contributed by atoms with van der Waals surface area (Å²) < 4.78 is 0. The van der Waals surface area contributed by atoms with Crippen molar-refractivity contribution >= 4 is 5.69 Å². The van der Waals surface area contributed by atoms with Gasteiger partial charge >= 0.3 is 0 Å². The number of aryl methyl sites for hydroxylation is 1. The number of nitrogens with zero attached hydrogens (tertiary/aromatic N) is 1. The van der Waals surface area contributed by atoms with E-state index in [4.69, 9.17) is 0 Å². The van der Waals surface area contributed by atoms with Gasteiger partial charge in [0.25, 0.3) is 0 Å². The van der Waals surface area contributed by atoms with E-state index in [1.165, 1.54) is 29.8 Å². The Labute approximate surface area is 105 Å². The third-order valence-electron chi connectivity index (χ3n) is 3.83. The molecule has 0 saturated heterocycles. The minimum absolute atomic E-state index is 0.700. The molecule has 0 bridgehead atoms. The van der Waals surface area contributed by atoms with E-state index in [0.29, 0.717) is 5.92 Å². The van der Waals surface area contributed by atoms with E-state index in [1.54, 1.807) is 0 Å². The molecule has 17 heavy (non-hydrogen) atoms. The second-order valence-electron chi connectivity index (χ2n) is 4.99. The van der Waals surface area contributed by atoms with Gasteiger partial charge in [0.05, 0.1) is 0 Å². The van der Waals surface area contributed by atoms with Gasteiger partial charge in [0.1, 0.15) is 0 Å². The van der Waals surface area contributed by atoms with Gasteiger partial charge in [0.2, 0.25) is 0 Å². The standard InChI is InChI=1S/C15H24N2/c1-4-17(5-2)11-13-8-9-16-15-7-6-12(3)10-14(13)15/h6-7,10,13,16H,4-5,8-9,11H2,1-3H3. The molecule has 1 atom stereocenters. The molecule has 1 aromatic rings. The van der Waals surface area contributed by atoms with Crippen molar-refractivity contribution in [1.82, 2.24) is 4.90 Å². The fraction of sp³-hybridized carbons (Fsp3) is 0.600. The predicted molar refractivity (Wildman–Crippen MR) is 74.8 cm³/mol. The van der Waals surface area contributed by atoms with Crippen LogP contribution in [0.25, 0.3) is 0 Å². The Morgan fingerprint density at radius 2 is 2.06 bits per heavy atom. The summed E-state index contributed by atoms with van der Waals surface area (Å²) in [5.74, 6) is 0.700. The van der Waals surface area contributed by atoms with Crippen LogP contribution in [-0.4, -0.2) is 31.1 Å². The maximum Gasteiger partial charge on any atom is 0.0376 e. The molecule has 0 aliphatic carbocycles. The van der Waals surface area contributed by atoms with Gasteiger partial charge in [-0.15, -0.1) is 0 Å². The topological polar surface area (TPSA) is 15.3 Å². The molecule has 1 aliphatic rings. The molecule has 1 aliphatic heterocycles. The van der Waals surface area contributed by atoms with E-state index < -0.39 is 0 Å². The van der Waals surface area contributed by atoms with Crippen molar-refractivity contribution in [1.29, 1.82) is 0 Å². The zero-order chi connectivity index (χ0) is 12.3. The van der Waals surface area contributed by atoms with Gasteiger partial charge in [-0.25, -0.2) is 0 Å². The smallest absolute Gasteiger partial charge is 0.0376 e. The van der Waals surface area contributed by atoms with Crippen molar-refractivity contribution in [2.24, 2.45) is 0 Å². The predicted octanol–water partition coefficient (Wildman–Crippen LogP) is 3.24. The van der Waals surface area contributed by atoms with Gasteiger partial charge < -0.3 is 10.2 Å². The first-order chi connectivity index (χ1) is 8.24. The van der Waals surface area contributed by atoms with Crippen LogP contribution in [0.1, 0.15) is 37.3 Å². The zero-order valence-corrected chi connectivity index (χ0v) is 11.3. The molecular formula is C15H24N2. The third kappa shape index (κ3) is 2.81. The Morgan fingerprint density at radius 1 is 1.29 bits per heavy atom. The third-order valence-corrected chi connectivity index (χ3v) is 3.83. The highest BCUT2D eigenvalue weighted by molar-refractivity contribution is 5.56. The van der Waals surface area contributed by atoms with E-state index >= 15 is 0 Å². The van der Waals surface area contributed by atoms with Crippen LogP contribution in [0.4, 0.5) is 5.69 Å². The Kier molecular flexibility index (Phi) is 4.06. The molecule has 0 amide bonds. The lowest BCUT2D eigenvalue weighted by Crippen LogP contribution is -2.31. The van der Waals surface area contributed by atoms with Gasteiger partial charge in [0.15, 0.2) is 0 Å². The lowest BCUT2D eigenvalue weighted by molar-refractivity contribution is 0.278. The summed E-state index contributed by atoms with van der Waals surface area (Å²) >= 11 is 0. The average molecular weight is 232 g/mol. The lowest BCUT2D eigenvalue weighted by Gasteiger charge is -2.31. The average Bonchev–Trinajstić information content (AvgIpc) is 2.36. The highest BCUT2D eigenvalue weighted by Gasteiger charge is 2.21. The van der Waals surface area contributed by atoms with Crippen LogP contribution in [0.15, 0.2) is 18.2 Å². The zero-order valence-electron chi connectivity index (χ0n) is 11.3. The first-order valence-corrected chi connectivity index (χ1v) is 6.81. The quantitative estimate of drug-likeness (QED) is 0.857. The van der Waals surface area contributed by atoms with E-state index in [0.717, 1.165) is 19.6 Å². The van der Waals surface area contributed by atoms with E-state index in [2.05, 4.69) is 49.2 Å². The molecule has 94 valence electrons. The van der Waals surface area contributed by atoms with Gasteiger partial charge in [-0.05, 0) is 38.1 Å². The molecule has 0 radical (unpaired) electrons. The monoisotopic (exact) mass is 232 g/mol. The summed E-state index contributed by atoms with van der Waals surface area (Å²) in [6.07, 6.45) is 1.26. The van der Waals surface area contributed by atoms with E-state index in [1.807, 2.05) is 0 Å². The van der Waals surface area contributed by atoms with Crippen molar-refractivity contribution in [2.75, 3.05) is 31.5 Å². The largest absolute Gasteiger partial charge is 0.385 e. The molecule has 0 saturated carbocycles. The molecule has 0 spiro atoms. The first-order valence-electron chi connectivity index (χ1n) is 6.81. The second kappa shape index (κ2) is 5.54. The summed E-state index contributed by atoms with van der Waals surface area (Å²) in [7, 11) is 0. The number of rotatable bonds is 4. The minimum atomic E-state index is 0.700. The van der Waals surface area contributed by atoms with Gasteiger partial charge in [-0.2, -0.15) is 0 Å². The molecule has 2 nitrogen and oxygen atoms in total. The SMILES string of the molecule is CCN(CC)CC1CCNc2ccc(C)cc21. The second-order valence-corrected chi connectivity index (χ2v) is 4.99. The Morgan fingerprint density at radius 3 is 2.76 bits per heavy atom. The van der Waals surface area contributed by atoms with Crippen molar-refractivity contribution in [2.45, 2.75) is 33.1 Å². The molecule has 0 aromatic heterocycles. The number of hydrogen-bond donors (Lipinski definition) is 1. The van der Waals surface area contributed by atoms with E-state index in [-0.39, 0.29) is 0 Å². The highest BCUT2D eigenvalue weighted by Crippen LogP contribution is 2.32. The molecule has 1 N–H and O–H groups in total. The summed E-state index contributed by atoms with van der Waals surface area (Å²) in [5.41, 5.74) is 4.24. The van der Waals surface area contributed by atoms with Crippen molar-refractivity contribution in [3.8, 4) is 0 Å². The summed E-state index contributed by atoms with van der Waals surface area (Å²) in [5, 5.41) is 3.51. The number of hydrogen-bond acceptors (Lipinski definition) is 2. The summed E-state index contributed by atoms with van der Waals surface area (Å²) in [4.78, 5) is 2.53. The fourth-order valence-electron chi connectivity index (χ4n) is 2.70. The van der Waals surface area contributed by atoms with Crippen LogP contribution in [0.5, 0.6) is 0 Å². The van der Waals surface area contributed by atoms with E-state index in [9.17, 15) is 0 Å². The molecule has 2 heteroatoms. The van der Waals surface area contributed by atoms with Crippen molar-refractivity contribution in [3.63, 3.8) is 0 Å². The van der Waals surface area contributed by atoms with Crippen LogP contribution in [0, 0.1) is 6.92 Å². The first kappa shape index (κ1) is 12.4. The minimum Gasteiger partial charge on any atom is -0.385 e. The normalized spacial score (nSPS) is 18.9.